The predicted octanol–water partition coefficient (Wildman–Crippen LogP) is 2.31. The number of aromatic nitrogens is 1. The third-order valence-corrected chi connectivity index (χ3v) is 3.59. The van der Waals surface area contributed by atoms with E-state index in [9.17, 15) is 4.79 Å². The highest BCUT2D eigenvalue weighted by Gasteiger charge is 2.08. The Balaban J connectivity index is 1.94. The number of carbonyl (C=O) groups excluding carboxylic acids is 1. The summed E-state index contributed by atoms with van der Waals surface area (Å²) in [5, 5.41) is 2.91. The number of nitrogens with two attached hydrogens (primary N) is 1. The van der Waals surface area contributed by atoms with Gasteiger partial charge in [0.05, 0.1) is 18.9 Å². The molecule has 25 heavy (non-hydrogen) atoms. The molecular weight excluding hydrogens is 318 g/mol. The smallest absolute Gasteiger partial charge is 0.251 e. The molecule has 0 radical (unpaired) electrons. The number of nitrogens with zero attached hydrogens (tertiary/aromatic N) is 1. The van der Waals surface area contributed by atoms with Gasteiger partial charge in [0.25, 0.3) is 5.91 Å². The Hall–Kier alpha value is -2.60. The average Bonchev–Trinajstić information content (AvgIpc) is 2.64. The van der Waals surface area contributed by atoms with Gasteiger partial charge in [-0.15, -0.1) is 0 Å². The first-order valence-electron chi connectivity index (χ1n) is 8.49. The molecule has 0 aliphatic rings. The van der Waals surface area contributed by atoms with Crippen LogP contribution in [-0.4, -0.2) is 30.6 Å². The maximum absolute atomic E-state index is 12.2. The van der Waals surface area contributed by atoms with Gasteiger partial charge in [-0.25, -0.2) is 0 Å². The van der Waals surface area contributed by atoms with Crippen LogP contribution >= 0.6 is 0 Å². The quantitative estimate of drug-likeness (QED) is 0.730. The molecule has 0 unspecified atom stereocenters. The topological polar surface area (TPSA) is 86.5 Å². The zero-order valence-electron chi connectivity index (χ0n) is 14.7. The molecule has 1 aromatic heterocycles. The number of benzene rings is 1. The van der Waals surface area contributed by atoms with Crippen LogP contribution in [0.2, 0.25) is 0 Å². The van der Waals surface area contributed by atoms with E-state index in [4.69, 9.17) is 15.2 Å². The van der Waals surface area contributed by atoms with Crippen LogP contribution in [0.1, 0.15) is 35.5 Å². The van der Waals surface area contributed by atoms with E-state index < -0.39 is 0 Å². The summed E-state index contributed by atoms with van der Waals surface area (Å²) < 4.78 is 11.2. The Bertz CT molecular complexity index is 704. The van der Waals surface area contributed by atoms with Gasteiger partial charge in [0.15, 0.2) is 11.5 Å². The van der Waals surface area contributed by atoms with Crippen molar-refractivity contribution < 1.29 is 14.3 Å². The Morgan fingerprint density at radius 3 is 2.60 bits per heavy atom. The molecule has 0 saturated carbocycles. The first kappa shape index (κ1) is 18.7. The number of rotatable bonds is 9. The lowest BCUT2D eigenvalue weighted by Crippen LogP contribution is -2.26. The van der Waals surface area contributed by atoms with Crippen LogP contribution in [0.3, 0.4) is 0 Å². The highest BCUT2D eigenvalue weighted by Crippen LogP contribution is 2.28. The van der Waals surface area contributed by atoms with Gasteiger partial charge >= 0.3 is 0 Å². The summed E-state index contributed by atoms with van der Waals surface area (Å²) in [4.78, 5) is 16.3. The van der Waals surface area contributed by atoms with Gasteiger partial charge in [-0.1, -0.05) is 6.07 Å². The zero-order valence-corrected chi connectivity index (χ0v) is 14.7. The highest BCUT2D eigenvalue weighted by molar-refractivity contribution is 5.94. The van der Waals surface area contributed by atoms with Crippen molar-refractivity contribution in [1.29, 1.82) is 0 Å². The average molecular weight is 343 g/mol. The predicted molar refractivity (Wildman–Crippen MR) is 96.9 cm³/mol. The van der Waals surface area contributed by atoms with Gasteiger partial charge in [-0.2, -0.15) is 0 Å². The maximum Gasteiger partial charge on any atom is 0.251 e. The fourth-order valence-electron chi connectivity index (χ4n) is 2.40. The van der Waals surface area contributed by atoms with E-state index in [1.54, 1.807) is 18.3 Å². The number of nitrogens with one attached hydrogen (secondary N) is 1. The molecule has 0 saturated heterocycles. The second kappa shape index (κ2) is 9.64. The molecule has 3 N–H and O–H groups in total. The summed E-state index contributed by atoms with van der Waals surface area (Å²) in [6, 6.07) is 9.23. The van der Waals surface area contributed by atoms with E-state index in [-0.39, 0.29) is 5.91 Å². The number of amides is 1. The lowest BCUT2D eigenvalue weighted by molar-refractivity contribution is 0.0954. The van der Waals surface area contributed by atoms with Crippen LogP contribution in [0.15, 0.2) is 36.5 Å². The van der Waals surface area contributed by atoms with Crippen LogP contribution in [0.5, 0.6) is 11.5 Å². The van der Waals surface area contributed by atoms with Gasteiger partial charge in [-0.05, 0) is 50.1 Å². The van der Waals surface area contributed by atoms with E-state index in [0.717, 1.165) is 17.1 Å². The monoisotopic (exact) mass is 343 g/mol. The minimum Gasteiger partial charge on any atom is -0.490 e. The molecule has 1 amide bonds. The number of ether oxygens (including phenoxy) is 2. The Kier molecular flexibility index (Phi) is 7.22. The third-order valence-electron chi connectivity index (χ3n) is 3.59. The molecule has 6 heteroatoms. The molecule has 0 aliphatic heterocycles. The van der Waals surface area contributed by atoms with Crippen molar-refractivity contribution in [2.45, 2.75) is 26.8 Å². The minimum atomic E-state index is -0.131. The van der Waals surface area contributed by atoms with E-state index in [1.807, 2.05) is 32.0 Å². The van der Waals surface area contributed by atoms with E-state index in [0.29, 0.717) is 44.0 Å². The van der Waals surface area contributed by atoms with Gasteiger partial charge < -0.3 is 20.5 Å². The molecular formula is C19H25N3O3. The molecule has 0 atom stereocenters. The number of hydrogen-bond acceptors (Lipinski definition) is 5. The fourth-order valence-corrected chi connectivity index (χ4v) is 2.40. The van der Waals surface area contributed by atoms with Gasteiger partial charge in [0, 0.05) is 24.8 Å². The first-order chi connectivity index (χ1) is 12.2. The van der Waals surface area contributed by atoms with Crippen LogP contribution in [-0.2, 0) is 13.0 Å². The minimum absolute atomic E-state index is 0.131. The Morgan fingerprint density at radius 2 is 1.88 bits per heavy atom. The van der Waals surface area contributed by atoms with E-state index in [1.165, 1.54) is 0 Å². The highest BCUT2D eigenvalue weighted by atomic mass is 16.5. The summed E-state index contributed by atoms with van der Waals surface area (Å²) in [6.07, 6.45) is 2.30. The van der Waals surface area contributed by atoms with Crippen molar-refractivity contribution in [3.8, 4) is 11.5 Å². The van der Waals surface area contributed by atoms with Crippen molar-refractivity contribution in [2.24, 2.45) is 5.73 Å². The second-order valence-electron chi connectivity index (χ2n) is 5.39. The zero-order chi connectivity index (χ0) is 18.1. The lowest BCUT2D eigenvalue weighted by atomic mass is 10.1. The normalized spacial score (nSPS) is 10.4. The molecule has 0 aliphatic carbocycles. The molecule has 0 fully saturated rings. The van der Waals surface area contributed by atoms with Crippen molar-refractivity contribution >= 4 is 5.91 Å². The van der Waals surface area contributed by atoms with E-state index >= 15 is 0 Å². The molecule has 134 valence electrons. The molecule has 1 aromatic carbocycles. The Labute approximate surface area is 148 Å². The number of carbonyl (C=O) groups is 1. The summed E-state index contributed by atoms with van der Waals surface area (Å²) in [7, 11) is 0. The molecule has 1 heterocycles. The van der Waals surface area contributed by atoms with Gasteiger partial charge in [-0.3, -0.25) is 9.78 Å². The van der Waals surface area contributed by atoms with Crippen molar-refractivity contribution in [2.75, 3.05) is 19.8 Å². The summed E-state index contributed by atoms with van der Waals surface area (Å²) in [6.45, 7) is 5.88. The van der Waals surface area contributed by atoms with Crippen molar-refractivity contribution in [3.63, 3.8) is 0 Å². The first-order valence-corrected chi connectivity index (χ1v) is 8.49. The molecule has 0 spiro atoms. The van der Waals surface area contributed by atoms with Crippen molar-refractivity contribution in [1.82, 2.24) is 10.3 Å². The van der Waals surface area contributed by atoms with Gasteiger partial charge in [0.1, 0.15) is 0 Å². The largest absolute Gasteiger partial charge is 0.490 e. The van der Waals surface area contributed by atoms with E-state index in [2.05, 4.69) is 10.3 Å². The summed E-state index contributed by atoms with van der Waals surface area (Å²) >= 11 is 0. The van der Waals surface area contributed by atoms with Crippen LogP contribution in [0.25, 0.3) is 0 Å². The molecule has 6 nitrogen and oxygen atoms in total. The maximum atomic E-state index is 12.2. The van der Waals surface area contributed by atoms with Crippen molar-refractivity contribution in [3.05, 3.63) is 53.3 Å². The summed E-state index contributed by atoms with van der Waals surface area (Å²) in [5.74, 6) is 1.34. The molecule has 2 rings (SSSR count). The van der Waals surface area contributed by atoms with Crippen LogP contribution in [0.4, 0.5) is 0 Å². The summed E-state index contributed by atoms with van der Waals surface area (Å²) in [5.41, 5.74) is 7.89. The molecule has 0 bridgehead atoms. The number of hydrogen-bond donors (Lipinski definition) is 2. The fraction of sp³-hybridized carbons (Fsp3) is 0.368. The Morgan fingerprint density at radius 1 is 1.12 bits per heavy atom. The lowest BCUT2D eigenvalue weighted by Gasteiger charge is -2.12. The number of pyridine rings is 1. The van der Waals surface area contributed by atoms with Crippen LogP contribution in [0, 0.1) is 0 Å². The second-order valence-corrected chi connectivity index (χ2v) is 5.39. The van der Waals surface area contributed by atoms with Crippen LogP contribution < -0.4 is 20.5 Å². The van der Waals surface area contributed by atoms with Gasteiger partial charge in [0.2, 0.25) is 0 Å². The standard InChI is InChI=1S/C19H25N3O3/c1-3-24-17-6-5-14(11-18(17)25-4-2)7-9-22-19(23)15-8-10-21-16(12-15)13-20/h5-6,8,10-12H,3-4,7,9,13,20H2,1-2H3,(H,22,23). The SMILES string of the molecule is CCOc1ccc(CCNC(=O)c2ccnc(CN)c2)cc1OCC. The molecule has 2 aromatic rings. The third kappa shape index (κ3) is 5.46.